The van der Waals surface area contributed by atoms with E-state index in [0.717, 1.165) is 28.2 Å². The molecule has 3 aromatic carbocycles. The van der Waals surface area contributed by atoms with E-state index in [2.05, 4.69) is 0 Å². The van der Waals surface area contributed by atoms with Gasteiger partial charge in [-0.2, -0.15) is 0 Å². The predicted octanol–water partition coefficient (Wildman–Crippen LogP) is 4.40. The summed E-state index contributed by atoms with van der Waals surface area (Å²) in [5, 5.41) is 10.9. The zero-order valence-electron chi connectivity index (χ0n) is 13.6. The van der Waals surface area contributed by atoms with Gasteiger partial charge in [0.2, 0.25) is 0 Å². The summed E-state index contributed by atoms with van der Waals surface area (Å²) < 4.78 is 11.4. The lowest BCUT2D eigenvalue weighted by atomic mass is 10.0. The van der Waals surface area contributed by atoms with E-state index in [9.17, 15) is 4.79 Å². The van der Waals surface area contributed by atoms with Crippen LogP contribution in [-0.2, 0) is 4.79 Å². The average molecular weight is 334 g/mol. The first kappa shape index (κ1) is 16.6. The minimum Gasteiger partial charge on any atom is -0.490 e. The van der Waals surface area contributed by atoms with Crippen LogP contribution in [0, 0.1) is 0 Å². The van der Waals surface area contributed by atoms with E-state index in [1.54, 1.807) is 6.08 Å². The lowest BCUT2D eigenvalue weighted by molar-refractivity contribution is -0.131. The van der Waals surface area contributed by atoms with Crippen LogP contribution in [0.3, 0.4) is 0 Å². The zero-order chi connectivity index (χ0) is 17.5. The van der Waals surface area contributed by atoms with Gasteiger partial charge in [0.15, 0.2) is 0 Å². The second kappa shape index (κ2) is 8.02. The molecular weight excluding hydrogens is 316 g/mol. The molecule has 0 aliphatic rings. The highest BCUT2D eigenvalue weighted by Gasteiger charge is 2.07. The molecule has 0 unspecified atom stereocenters. The fourth-order valence-electron chi connectivity index (χ4n) is 2.56. The Morgan fingerprint density at radius 2 is 1.60 bits per heavy atom. The van der Waals surface area contributed by atoms with E-state index in [0.29, 0.717) is 19.0 Å². The Hall–Kier alpha value is -3.27. The Morgan fingerprint density at radius 3 is 2.40 bits per heavy atom. The van der Waals surface area contributed by atoms with Crippen LogP contribution in [0.5, 0.6) is 11.5 Å². The van der Waals surface area contributed by atoms with Crippen molar-refractivity contribution in [3.05, 3.63) is 78.4 Å². The maximum atomic E-state index is 10.9. The third kappa shape index (κ3) is 4.38. The molecule has 0 radical (unpaired) electrons. The minimum absolute atomic E-state index is 0.362. The maximum Gasteiger partial charge on any atom is 0.328 e. The molecule has 0 aliphatic carbocycles. The van der Waals surface area contributed by atoms with E-state index in [1.807, 2.05) is 66.7 Å². The Bertz CT molecular complexity index is 885. The van der Waals surface area contributed by atoms with Crippen molar-refractivity contribution in [3.63, 3.8) is 0 Å². The Morgan fingerprint density at radius 1 is 0.880 bits per heavy atom. The van der Waals surface area contributed by atoms with Gasteiger partial charge in [0.1, 0.15) is 24.7 Å². The van der Waals surface area contributed by atoms with Crippen molar-refractivity contribution in [2.75, 3.05) is 13.2 Å². The van der Waals surface area contributed by atoms with Gasteiger partial charge in [-0.1, -0.05) is 48.5 Å². The van der Waals surface area contributed by atoms with Crippen molar-refractivity contribution in [2.45, 2.75) is 0 Å². The molecule has 1 N–H and O–H groups in total. The number of hydrogen-bond donors (Lipinski definition) is 1. The predicted molar refractivity (Wildman–Crippen MR) is 98.0 cm³/mol. The van der Waals surface area contributed by atoms with Crippen molar-refractivity contribution >= 4 is 22.8 Å². The second-order valence-corrected chi connectivity index (χ2v) is 5.38. The molecule has 0 fully saturated rings. The van der Waals surface area contributed by atoms with Crippen LogP contribution in [0.1, 0.15) is 5.56 Å². The van der Waals surface area contributed by atoms with Gasteiger partial charge < -0.3 is 14.6 Å². The molecule has 0 bridgehead atoms. The van der Waals surface area contributed by atoms with Crippen molar-refractivity contribution in [1.29, 1.82) is 0 Å². The van der Waals surface area contributed by atoms with Crippen LogP contribution < -0.4 is 9.47 Å². The van der Waals surface area contributed by atoms with Crippen molar-refractivity contribution < 1.29 is 19.4 Å². The summed E-state index contributed by atoms with van der Waals surface area (Å²) in [6.45, 7) is 0.764. The minimum atomic E-state index is -0.994. The van der Waals surface area contributed by atoms with Gasteiger partial charge in [0.05, 0.1) is 0 Å². The summed E-state index contributed by atoms with van der Waals surface area (Å²) in [5.41, 5.74) is 0.750. The lowest BCUT2D eigenvalue weighted by Crippen LogP contribution is -2.09. The topological polar surface area (TPSA) is 55.8 Å². The maximum absolute atomic E-state index is 10.9. The molecule has 25 heavy (non-hydrogen) atoms. The Balaban J connectivity index is 1.75. The largest absolute Gasteiger partial charge is 0.490 e. The van der Waals surface area contributed by atoms with E-state index < -0.39 is 5.97 Å². The molecule has 0 aromatic heterocycles. The Labute approximate surface area is 145 Å². The van der Waals surface area contributed by atoms with Crippen LogP contribution in [0.25, 0.3) is 16.8 Å². The summed E-state index contributed by atoms with van der Waals surface area (Å²) >= 11 is 0. The summed E-state index contributed by atoms with van der Waals surface area (Å²) in [6, 6.07) is 21.1. The van der Waals surface area contributed by atoms with Crippen molar-refractivity contribution in [3.8, 4) is 11.5 Å². The Kier molecular flexibility index (Phi) is 5.32. The lowest BCUT2D eigenvalue weighted by Gasteiger charge is -2.12. The number of benzene rings is 3. The number of fused-ring (bicyclic) bond motifs is 1. The molecule has 3 rings (SSSR count). The summed E-state index contributed by atoms with van der Waals surface area (Å²) in [4.78, 5) is 10.9. The standard InChI is InChI=1S/C21H18O4/c22-21(23)13-11-19-18-9-5-4-6-16(18)10-12-20(19)25-15-14-24-17-7-2-1-3-8-17/h1-13H,14-15H2,(H,22,23). The number of ether oxygens (including phenoxy) is 2. The fraction of sp³-hybridized carbons (Fsp3) is 0.0952. The smallest absolute Gasteiger partial charge is 0.328 e. The normalized spacial score (nSPS) is 10.9. The number of carboxylic acids is 1. The summed E-state index contributed by atoms with van der Waals surface area (Å²) in [6.07, 6.45) is 2.69. The number of aliphatic carboxylic acids is 1. The molecule has 0 aliphatic heterocycles. The summed E-state index contributed by atoms with van der Waals surface area (Å²) in [7, 11) is 0. The van der Waals surface area contributed by atoms with Crippen LogP contribution in [0.4, 0.5) is 0 Å². The highest BCUT2D eigenvalue weighted by atomic mass is 16.5. The van der Waals surface area contributed by atoms with E-state index in [-0.39, 0.29) is 0 Å². The van der Waals surface area contributed by atoms with Crippen molar-refractivity contribution in [1.82, 2.24) is 0 Å². The second-order valence-electron chi connectivity index (χ2n) is 5.38. The third-order valence-electron chi connectivity index (χ3n) is 3.68. The molecule has 0 heterocycles. The molecule has 3 aromatic rings. The van der Waals surface area contributed by atoms with Gasteiger partial charge in [0, 0.05) is 11.6 Å². The van der Waals surface area contributed by atoms with E-state index in [1.165, 1.54) is 0 Å². The molecule has 0 amide bonds. The van der Waals surface area contributed by atoms with E-state index >= 15 is 0 Å². The first-order valence-corrected chi connectivity index (χ1v) is 7.97. The molecule has 0 spiro atoms. The first-order chi connectivity index (χ1) is 12.2. The molecule has 0 saturated heterocycles. The number of para-hydroxylation sites is 1. The van der Waals surface area contributed by atoms with Gasteiger partial charge >= 0.3 is 5.97 Å². The highest BCUT2D eigenvalue weighted by molar-refractivity contribution is 5.96. The number of carboxylic acid groups (broad SMARTS) is 1. The molecule has 0 atom stereocenters. The summed E-state index contributed by atoms with van der Waals surface area (Å²) in [5.74, 6) is 0.426. The zero-order valence-corrected chi connectivity index (χ0v) is 13.6. The number of hydrogen-bond acceptors (Lipinski definition) is 3. The SMILES string of the molecule is O=C(O)C=Cc1c(OCCOc2ccccc2)ccc2ccccc12. The third-order valence-corrected chi connectivity index (χ3v) is 3.68. The first-order valence-electron chi connectivity index (χ1n) is 7.97. The number of rotatable bonds is 7. The number of carbonyl (C=O) groups is 1. The van der Waals surface area contributed by atoms with Crippen LogP contribution in [-0.4, -0.2) is 24.3 Å². The van der Waals surface area contributed by atoms with Crippen LogP contribution in [0.2, 0.25) is 0 Å². The monoisotopic (exact) mass is 334 g/mol. The van der Waals surface area contributed by atoms with Gasteiger partial charge in [-0.25, -0.2) is 4.79 Å². The van der Waals surface area contributed by atoms with E-state index in [4.69, 9.17) is 14.6 Å². The average Bonchev–Trinajstić information content (AvgIpc) is 2.64. The van der Waals surface area contributed by atoms with Gasteiger partial charge in [-0.15, -0.1) is 0 Å². The van der Waals surface area contributed by atoms with Gasteiger partial charge in [-0.05, 0) is 35.0 Å². The molecular formula is C21H18O4. The molecule has 4 heteroatoms. The van der Waals surface area contributed by atoms with Crippen LogP contribution in [0.15, 0.2) is 72.8 Å². The molecule has 126 valence electrons. The highest BCUT2D eigenvalue weighted by Crippen LogP contribution is 2.29. The fourth-order valence-corrected chi connectivity index (χ4v) is 2.56. The van der Waals surface area contributed by atoms with Gasteiger partial charge in [0.25, 0.3) is 0 Å². The van der Waals surface area contributed by atoms with Crippen LogP contribution >= 0.6 is 0 Å². The quantitative estimate of drug-likeness (QED) is 0.514. The molecule has 0 saturated carbocycles. The van der Waals surface area contributed by atoms with Crippen molar-refractivity contribution in [2.24, 2.45) is 0 Å². The molecule has 4 nitrogen and oxygen atoms in total. The van der Waals surface area contributed by atoms with Gasteiger partial charge in [-0.3, -0.25) is 0 Å².